The van der Waals surface area contributed by atoms with Crippen molar-refractivity contribution in [2.75, 3.05) is 13.6 Å². The zero-order valence-electron chi connectivity index (χ0n) is 14.3. The summed E-state index contributed by atoms with van der Waals surface area (Å²) in [5, 5.41) is 1.15. The second-order valence-corrected chi connectivity index (χ2v) is 6.04. The van der Waals surface area contributed by atoms with E-state index in [1.54, 1.807) is 12.1 Å². The van der Waals surface area contributed by atoms with Crippen LogP contribution in [0.5, 0.6) is 0 Å². The predicted octanol–water partition coefficient (Wildman–Crippen LogP) is 5.75. The van der Waals surface area contributed by atoms with Crippen molar-refractivity contribution >= 4 is 29.4 Å². The van der Waals surface area contributed by atoms with Gasteiger partial charge in [-0.15, -0.1) is 12.4 Å². The molecule has 0 amide bonds. The molecule has 26 heavy (non-hydrogen) atoms. The highest BCUT2D eigenvalue weighted by molar-refractivity contribution is 5.85. The van der Waals surface area contributed by atoms with Gasteiger partial charge in [0, 0.05) is 24.8 Å². The van der Waals surface area contributed by atoms with Crippen LogP contribution in [0, 0.1) is 0 Å². The van der Waals surface area contributed by atoms with Crippen molar-refractivity contribution in [1.82, 2.24) is 9.88 Å². The minimum Gasteiger partial charge on any atom is -0.361 e. The van der Waals surface area contributed by atoms with E-state index in [-0.39, 0.29) is 18.0 Å². The van der Waals surface area contributed by atoms with Gasteiger partial charge in [-0.25, -0.2) is 0 Å². The number of hydrogen-bond donors (Lipinski definition) is 1. The van der Waals surface area contributed by atoms with Crippen LogP contribution in [0.1, 0.15) is 16.7 Å². The summed E-state index contributed by atoms with van der Waals surface area (Å²) in [6, 6.07) is 13.7. The molecule has 0 fully saturated rings. The van der Waals surface area contributed by atoms with E-state index >= 15 is 0 Å². The molecule has 0 saturated heterocycles. The molecule has 0 aliphatic heterocycles. The van der Waals surface area contributed by atoms with Crippen LogP contribution in [-0.4, -0.2) is 23.5 Å². The predicted molar refractivity (Wildman–Crippen MR) is 102 cm³/mol. The van der Waals surface area contributed by atoms with Crippen molar-refractivity contribution in [1.29, 1.82) is 0 Å². The number of H-pyrrole nitrogens is 1. The van der Waals surface area contributed by atoms with E-state index < -0.39 is 11.7 Å². The molecule has 3 rings (SSSR count). The number of nitrogens with zero attached hydrogens (tertiary/aromatic N) is 1. The molecular formula is C20H20ClF3N2. The van der Waals surface area contributed by atoms with Crippen LogP contribution in [-0.2, 0) is 12.7 Å². The third-order valence-electron chi connectivity index (χ3n) is 4.09. The fraction of sp³-hybridized carbons (Fsp3) is 0.200. The van der Waals surface area contributed by atoms with Gasteiger partial charge in [0.1, 0.15) is 0 Å². The van der Waals surface area contributed by atoms with Crippen LogP contribution in [0.25, 0.3) is 17.0 Å². The molecule has 3 aromatic rings. The average Bonchev–Trinajstić information content (AvgIpc) is 3.04. The summed E-state index contributed by atoms with van der Waals surface area (Å²) in [6.07, 6.45) is 0.867. The summed E-state index contributed by atoms with van der Waals surface area (Å²) in [5.74, 6) is 0. The summed E-state index contributed by atoms with van der Waals surface area (Å²) in [4.78, 5) is 5.29. The highest BCUT2D eigenvalue weighted by Crippen LogP contribution is 2.32. The minimum absolute atomic E-state index is 0. The lowest BCUT2D eigenvalue weighted by atomic mass is 10.1. The molecular weight excluding hydrogens is 361 g/mol. The van der Waals surface area contributed by atoms with Crippen LogP contribution in [0.2, 0.25) is 0 Å². The lowest BCUT2D eigenvalue weighted by Gasteiger charge is -2.15. The largest absolute Gasteiger partial charge is 0.416 e. The Balaban J connectivity index is 0.00000243. The standard InChI is InChI=1S/C20H19F3N2.ClH/c1-25(14-17-8-4-7-16-11-12-24-19(16)17)13-5-9-15-6-2-3-10-18(15)20(21,22)23;/h2-12,24H,13-14H2,1H3;1H/b9-5+;. The van der Waals surface area contributed by atoms with Crippen molar-refractivity contribution < 1.29 is 13.2 Å². The molecule has 0 atom stereocenters. The van der Waals surface area contributed by atoms with Gasteiger partial charge in [0.15, 0.2) is 0 Å². The van der Waals surface area contributed by atoms with E-state index in [4.69, 9.17) is 0 Å². The maximum atomic E-state index is 13.0. The Morgan fingerprint density at radius 2 is 1.81 bits per heavy atom. The SMILES string of the molecule is CN(C/C=C/c1ccccc1C(F)(F)F)Cc1cccc2cc[nH]c12.Cl. The molecule has 6 heteroatoms. The normalized spacial score (nSPS) is 12.0. The topological polar surface area (TPSA) is 19.0 Å². The highest BCUT2D eigenvalue weighted by Gasteiger charge is 2.32. The second kappa shape index (κ2) is 8.43. The van der Waals surface area contributed by atoms with E-state index in [9.17, 15) is 13.2 Å². The second-order valence-electron chi connectivity index (χ2n) is 6.04. The van der Waals surface area contributed by atoms with E-state index in [0.29, 0.717) is 13.1 Å². The molecule has 0 spiro atoms. The molecule has 1 aromatic heterocycles. The number of aromatic nitrogens is 1. The lowest BCUT2D eigenvalue weighted by molar-refractivity contribution is -0.137. The van der Waals surface area contributed by atoms with E-state index in [1.165, 1.54) is 18.2 Å². The van der Waals surface area contributed by atoms with E-state index in [2.05, 4.69) is 16.0 Å². The summed E-state index contributed by atoms with van der Waals surface area (Å²) in [5.41, 5.74) is 1.84. The van der Waals surface area contributed by atoms with Gasteiger partial charge in [0.2, 0.25) is 0 Å². The molecule has 0 unspecified atom stereocenters. The first kappa shape index (κ1) is 20.1. The van der Waals surface area contributed by atoms with Gasteiger partial charge < -0.3 is 4.98 Å². The third-order valence-corrected chi connectivity index (χ3v) is 4.09. The first-order valence-corrected chi connectivity index (χ1v) is 8.01. The van der Waals surface area contributed by atoms with E-state index in [1.807, 2.05) is 31.4 Å². The van der Waals surface area contributed by atoms with Gasteiger partial charge in [-0.1, -0.05) is 48.6 Å². The maximum absolute atomic E-state index is 13.0. The zero-order chi connectivity index (χ0) is 17.9. The van der Waals surface area contributed by atoms with E-state index in [0.717, 1.165) is 22.5 Å². The number of nitrogens with one attached hydrogen (secondary N) is 1. The molecule has 0 radical (unpaired) electrons. The molecule has 2 nitrogen and oxygen atoms in total. The van der Waals surface area contributed by atoms with Crippen LogP contribution in [0.3, 0.4) is 0 Å². The van der Waals surface area contributed by atoms with Gasteiger partial charge in [0.05, 0.1) is 5.56 Å². The highest BCUT2D eigenvalue weighted by atomic mass is 35.5. The number of alkyl halides is 3. The van der Waals surface area contributed by atoms with Crippen LogP contribution in [0.4, 0.5) is 13.2 Å². The number of benzene rings is 2. The molecule has 0 aliphatic carbocycles. The van der Waals surface area contributed by atoms with Gasteiger partial charge >= 0.3 is 6.18 Å². The Morgan fingerprint density at radius 3 is 2.58 bits per heavy atom. The molecule has 0 saturated carbocycles. The fourth-order valence-electron chi connectivity index (χ4n) is 2.90. The third kappa shape index (κ3) is 4.68. The van der Waals surface area contributed by atoms with Gasteiger partial charge in [0.25, 0.3) is 0 Å². The molecule has 138 valence electrons. The first-order chi connectivity index (χ1) is 11.9. The summed E-state index contributed by atoms with van der Waals surface area (Å²) in [6.45, 7) is 1.27. The zero-order valence-corrected chi connectivity index (χ0v) is 15.1. The summed E-state index contributed by atoms with van der Waals surface area (Å²) < 4.78 is 39.0. The number of halogens is 4. The number of rotatable bonds is 5. The Kier molecular flexibility index (Phi) is 6.51. The minimum atomic E-state index is -4.34. The molecule has 0 bridgehead atoms. The number of fused-ring (bicyclic) bond motifs is 1. The monoisotopic (exact) mass is 380 g/mol. The summed E-state index contributed by atoms with van der Waals surface area (Å²) >= 11 is 0. The first-order valence-electron chi connectivity index (χ1n) is 8.01. The average molecular weight is 381 g/mol. The van der Waals surface area contributed by atoms with Gasteiger partial charge in [-0.3, -0.25) is 4.90 Å². The van der Waals surface area contributed by atoms with Crippen LogP contribution < -0.4 is 0 Å². The maximum Gasteiger partial charge on any atom is 0.416 e. The molecule has 0 aliphatic rings. The van der Waals surface area contributed by atoms with Crippen molar-refractivity contribution in [3.8, 4) is 0 Å². The lowest BCUT2D eigenvalue weighted by Crippen LogP contribution is -2.17. The van der Waals surface area contributed by atoms with Crippen LogP contribution >= 0.6 is 12.4 Å². The Labute approximate surface area is 156 Å². The van der Waals surface area contributed by atoms with Crippen LogP contribution in [0.15, 0.2) is 60.8 Å². The molecule has 1 N–H and O–H groups in total. The number of aromatic amines is 1. The van der Waals surface area contributed by atoms with Crippen molar-refractivity contribution in [2.24, 2.45) is 0 Å². The summed E-state index contributed by atoms with van der Waals surface area (Å²) in [7, 11) is 1.95. The Hall–Kier alpha value is -2.24. The number of hydrogen-bond acceptors (Lipinski definition) is 1. The van der Waals surface area contributed by atoms with Crippen molar-refractivity contribution in [3.63, 3.8) is 0 Å². The number of likely N-dealkylation sites (N-methyl/N-ethyl adjacent to an activating group) is 1. The number of para-hydroxylation sites is 1. The smallest absolute Gasteiger partial charge is 0.361 e. The van der Waals surface area contributed by atoms with Gasteiger partial charge in [-0.05, 0) is 35.7 Å². The Bertz CT molecular complexity index is 884. The molecule has 1 heterocycles. The molecule has 2 aromatic carbocycles. The fourth-order valence-corrected chi connectivity index (χ4v) is 2.90. The van der Waals surface area contributed by atoms with Gasteiger partial charge in [-0.2, -0.15) is 13.2 Å². The van der Waals surface area contributed by atoms with Crippen molar-refractivity contribution in [2.45, 2.75) is 12.7 Å². The Morgan fingerprint density at radius 1 is 1.04 bits per heavy atom. The quantitative estimate of drug-likeness (QED) is 0.596. The van der Waals surface area contributed by atoms with Crippen molar-refractivity contribution in [3.05, 3.63) is 77.5 Å².